The van der Waals surface area contributed by atoms with Gasteiger partial charge in [0.25, 0.3) is 5.56 Å². The number of carbonyl (C=O) groups excluding carboxylic acids is 1. The molecule has 0 fully saturated rings. The van der Waals surface area contributed by atoms with Crippen LogP contribution in [0.3, 0.4) is 0 Å². The number of anilines is 1. The molecule has 3 rings (SSSR count). The van der Waals surface area contributed by atoms with Gasteiger partial charge in [-0.3, -0.25) is 14.5 Å². The van der Waals surface area contributed by atoms with E-state index in [0.717, 1.165) is 6.42 Å². The van der Waals surface area contributed by atoms with Crippen molar-refractivity contribution in [2.24, 2.45) is 0 Å². The van der Waals surface area contributed by atoms with E-state index in [1.54, 1.807) is 30.3 Å². The van der Waals surface area contributed by atoms with Gasteiger partial charge in [0, 0.05) is 11.1 Å². The normalized spacial score (nSPS) is 11.1. The summed E-state index contributed by atoms with van der Waals surface area (Å²) in [4.78, 5) is 34.5. The van der Waals surface area contributed by atoms with E-state index in [2.05, 4.69) is 15.3 Å². The van der Waals surface area contributed by atoms with Gasteiger partial charge < -0.3 is 19.8 Å². The van der Waals surface area contributed by atoms with Crippen molar-refractivity contribution >= 4 is 45.7 Å². The molecule has 1 heterocycles. The Morgan fingerprint density at radius 1 is 1.16 bits per heavy atom. The number of H-pyrrole nitrogens is 1. The van der Waals surface area contributed by atoms with Gasteiger partial charge in [0.05, 0.1) is 48.9 Å². The SMILES string of the molecule is CCCN(CC(=O)Nc1ccc(Cl)cc1Cl)Cc1nc2cc(OC)c(OC)cc2c(=O)[nH]1. The topological polar surface area (TPSA) is 96.6 Å². The highest BCUT2D eigenvalue weighted by Crippen LogP contribution is 2.30. The number of methoxy groups -OCH3 is 2. The Morgan fingerprint density at radius 2 is 1.88 bits per heavy atom. The first-order valence-electron chi connectivity index (χ1n) is 9.96. The Bertz CT molecular complexity index is 1180. The molecule has 0 saturated heterocycles. The molecule has 32 heavy (non-hydrogen) atoms. The molecular weight excluding hydrogens is 455 g/mol. The highest BCUT2D eigenvalue weighted by molar-refractivity contribution is 6.36. The van der Waals surface area contributed by atoms with Gasteiger partial charge in [0.1, 0.15) is 5.82 Å². The predicted octanol–water partition coefficient (Wildman–Crippen LogP) is 4.10. The molecule has 0 aliphatic heterocycles. The van der Waals surface area contributed by atoms with Crippen LogP contribution < -0.4 is 20.3 Å². The zero-order valence-corrected chi connectivity index (χ0v) is 19.5. The fraction of sp³-hybridized carbons (Fsp3) is 0.318. The van der Waals surface area contributed by atoms with Gasteiger partial charge in [0.15, 0.2) is 11.5 Å². The molecule has 0 aliphatic carbocycles. The fourth-order valence-electron chi connectivity index (χ4n) is 3.31. The molecule has 0 aliphatic rings. The Balaban J connectivity index is 1.80. The number of rotatable bonds is 9. The van der Waals surface area contributed by atoms with Crippen LogP contribution in [-0.4, -0.2) is 48.1 Å². The van der Waals surface area contributed by atoms with Crippen molar-refractivity contribution in [3.63, 3.8) is 0 Å². The molecule has 0 bridgehead atoms. The van der Waals surface area contributed by atoms with E-state index in [-0.39, 0.29) is 24.6 Å². The van der Waals surface area contributed by atoms with Crippen LogP contribution in [0.15, 0.2) is 35.1 Å². The number of ether oxygens (including phenoxy) is 2. The summed E-state index contributed by atoms with van der Waals surface area (Å²) in [6.07, 6.45) is 0.817. The third kappa shape index (κ3) is 5.70. The zero-order valence-electron chi connectivity index (χ0n) is 18.0. The van der Waals surface area contributed by atoms with E-state index in [1.807, 2.05) is 11.8 Å². The molecular formula is C22H24Cl2N4O4. The lowest BCUT2D eigenvalue weighted by Crippen LogP contribution is -2.34. The number of carbonyl (C=O) groups is 1. The van der Waals surface area contributed by atoms with Crippen molar-refractivity contribution in [2.75, 3.05) is 32.6 Å². The number of hydrogen-bond donors (Lipinski definition) is 2. The second-order valence-corrected chi connectivity index (χ2v) is 7.96. The summed E-state index contributed by atoms with van der Waals surface area (Å²) in [5, 5.41) is 4.03. The van der Waals surface area contributed by atoms with Crippen molar-refractivity contribution in [3.8, 4) is 11.5 Å². The first kappa shape index (κ1) is 23.8. The summed E-state index contributed by atoms with van der Waals surface area (Å²) in [5.74, 6) is 1.14. The predicted molar refractivity (Wildman–Crippen MR) is 126 cm³/mol. The van der Waals surface area contributed by atoms with Crippen molar-refractivity contribution in [1.82, 2.24) is 14.9 Å². The average molecular weight is 479 g/mol. The number of amides is 1. The molecule has 0 spiro atoms. The van der Waals surface area contributed by atoms with Crippen molar-refractivity contribution < 1.29 is 14.3 Å². The lowest BCUT2D eigenvalue weighted by Gasteiger charge is -2.21. The van der Waals surface area contributed by atoms with Gasteiger partial charge in [0.2, 0.25) is 5.91 Å². The lowest BCUT2D eigenvalue weighted by molar-refractivity contribution is -0.117. The van der Waals surface area contributed by atoms with Crippen LogP contribution in [-0.2, 0) is 11.3 Å². The van der Waals surface area contributed by atoms with E-state index in [4.69, 9.17) is 32.7 Å². The summed E-state index contributed by atoms with van der Waals surface area (Å²) >= 11 is 12.0. The number of fused-ring (bicyclic) bond motifs is 1. The van der Waals surface area contributed by atoms with Crippen LogP contribution in [0.4, 0.5) is 5.69 Å². The molecule has 170 valence electrons. The molecule has 1 amide bonds. The summed E-state index contributed by atoms with van der Waals surface area (Å²) in [6.45, 7) is 3.03. The van der Waals surface area contributed by atoms with Gasteiger partial charge in [-0.25, -0.2) is 4.98 Å². The molecule has 8 nitrogen and oxygen atoms in total. The summed E-state index contributed by atoms with van der Waals surface area (Å²) in [5.41, 5.74) is 0.672. The largest absolute Gasteiger partial charge is 0.493 e. The molecule has 3 aromatic rings. The van der Waals surface area contributed by atoms with E-state index in [9.17, 15) is 9.59 Å². The third-order valence-electron chi connectivity index (χ3n) is 4.75. The molecule has 2 aromatic carbocycles. The van der Waals surface area contributed by atoms with Crippen molar-refractivity contribution in [2.45, 2.75) is 19.9 Å². The minimum atomic E-state index is -0.292. The molecule has 0 radical (unpaired) electrons. The Labute approximate surface area is 195 Å². The van der Waals surface area contributed by atoms with Crippen LogP contribution in [0, 0.1) is 0 Å². The summed E-state index contributed by atoms with van der Waals surface area (Å²) in [6, 6.07) is 8.12. The number of aromatic nitrogens is 2. The number of nitrogens with one attached hydrogen (secondary N) is 2. The van der Waals surface area contributed by atoms with Crippen LogP contribution in [0.2, 0.25) is 10.0 Å². The van der Waals surface area contributed by atoms with Gasteiger partial charge in [-0.15, -0.1) is 0 Å². The molecule has 1 aromatic heterocycles. The third-order valence-corrected chi connectivity index (χ3v) is 5.29. The van der Waals surface area contributed by atoms with Gasteiger partial charge in [-0.1, -0.05) is 30.1 Å². The maximum atomic E-state index is 12.6. The number of nitrogens with zero attached hydrogens (tertiary/aromatic N) is 2. The maximum Gasteiger partial charge on any atom is 0.258 e. The van der Waals surface area contributed by atoms with Gasteiger partial charge in [-0.2, -0.15) is 0 Å². The number of benzene rings is 2. The van der Waals surface area contributed by atoms with Crippen molar-refractivity contribution in [1.29, 1.82) is 0 Å². The van der Waals surface area contributed by atoms with E-state index in [0.29, 0.717) is 50.5 Å². The quantitative estimate of drug-likeness (QED) is 0.480. The van der Waals surface area contributed by atoms with Gasteiger partial charge >= 0.3 is 0 Å². The Hall–Kier alpha value is -2.81. The minimum Gasteiger partial charge on any atom is -0.493 e. The van der Waals surface area contributed by atoms with Crippen LogP contribution in [0.1, 0.15) is 19.2 Å². The first-order chi connectivity index (χ1) is 15.3. The second kappa shape index (κ2) is 10.7. The number of hydrogen-bond acceptors (Lipinski definition) is 6. The fourth-order valence-corrected chi connectivity index (χ4v) is 3.77. The number of halogens is 2. The summed E-state index contributed by atoms with van der Waals surface area (Å²) in [7, 11) is 3.02. The van der Waals surface area contributed by atoms with Crippen LogP contribution in [0.25, 0.3) is 10.9 Å². The number of aromatic amines is 1. The summed E-state index contributed by atoms with van der Waals surface area (Å²) < 4.78 is 10.6. The zero-order chi connectivity index (χ0) is 23.3. The van der Waals surface area contributed by atoms with E-state index in [1.165, 1.54) is 14.2 Å². The van der Waals surface area contributed by atoms with Crippen molar-refractivity contribution in [3.05, 3.63) is 56.6 Å². The molecule has 0 saturated carbocycles. The van der Waals surface area contributed by atoms with E-state index < -0.39 is 0 Å². The molecule has 2 N–H and O–H groups in total. The first-order valence-corrected chi connectivity index (χ1v) is 10.7. The molecule has 10 heteroatoms. The Morgan fingerprint density at radius 3 is 2.53 bits per heavy atom. The average Bonchev–Trinajstić information content (AvgIpc) is 2.75. The van der Waals surface area contributed by atoms with Gasteiger partial charge in [-0.05, 0) is 37.2 Å². The van der Waals surface area contributed by atoms with Crippen LogP contribution >= 0.6 is 23.2 Å². The minimum absolute atomic E-state index is 0.0977. The monoisotopic (exact) mass is 478 g/mol. The smallest absolute Gasteiger partial charge is 0.258 e. The van der Waals surface area contributed by atoms with Crippen LogP contribution in [0.5, 0.6) is 11.5 Å². The highest BCUT2D eigenvalue weighted by atomic mass is 35.5. The maximum absolute atomic E-state index is 12.6. The lowest BCUT2D eigenvalue weighted by atomic mass is 10.2. The van der Waals surface area contributed by atoms with E-state index >= 15 is 0 Å². The standard InChI is InChI=1S/C22H24Cl2N4O4/c1-4-7-28(12-21(29)26-16-6-5-13(23)8-15(16)24)11-20-25-17-10-19(32-3)18(31-2)9-14(17)22(30)27-20/h5-6,8-10H,4,7,11-12H2,1-3H3,(H,26,29)(H,25,27,30). The Kier molecular flexibility index (Phi) is 7.95. The highest BCUT2D eigenvalue weighted by Gasteiger charge is 2.16. The molecule has 0 unspecified atom stereocenters. The second-order valence-electron chi connectivity index (χ2n) is 7.12. The molecule has 0 atom stereocenters.